The lowest BCUT2D eigenvalue weighted by Gasteiger charge is -2.21. The summed E-state index contributed by atoms with van der Waals surface area (Å²) < 4.78 is 17.5. The number of nitrogens with two attached hydrogens (primary N) is 1. The molecule has 1 aromatic rings. The molecule has 1 heterocycles. The minimum Gasteiger partial charge on any atom is -0.398 e. The second-order valence-electron chi connectivity index (χ2n) is 4.25. The summed E-state index contributed by atoms with van der Waals surface area (Å²) in [5.74, 6) is 1.11. The zero-order chi connectivity index (χ0) is 12.3. The summed E-state index contributed by atoms with van der Waals surface area (Å²) in [6.45, 7) is 1.54. The number of benzene rings is 1. The molecule has 1 aliphatic rings. The second kappa shape index (κ2) is 5.85. The van der Waals surface area contributed by atoms with Gasteiger partial charge in [-0.2, -0.15) is 0 Å². The largest absolute Gasteiger partial charge is 0.398 e. The number of rotatable bonds is 3. The summed E-state index contributed by atoms with van der Waals surface area (Å²) in [7, 11) is -1.07. The van der Waals surface area contributed by atoms with Crippen molar-refractivity contribution in [1.29, 1.82) is 0 Å². The van der Waals surface area contributed by atoms with Gasteiger partial charge in [-0.25, -0.2) is 0 Å². The van der Waals surface area contributed by atoms with Crippen molar-refractivity contribution in [2.24, 2.45) is 5.92 Å². The van der Waals surface area contributed by atoms with Crippen molar-refractivity contribution < 1.29 is 8.95 Å². The van der Waals surface area contributed by atoms with Crippen molar-refractivity contribution in [3.05, 3.63) is 23.2 Å². The van der Waals surface area contributed by atoms with Gasteiger partial charge in [0.1, 0.15) is 0 Å². The highest BCUT2D eigenvalue weighted by atomic mass is 35.5. The van der Waals surface area contributed by atoms with Gasteiger partial charge in [0.2, 0.25) is 0 Å². The number of hydrogen-bond acceptors (Lipinski definition) is 3. The standard InChI is InChI=1S/C12H16ClNO2S/c13-10-1-2-11(14)12(7-10)17(15)8-9-3-5-16-6-4-9/h1-2,7,9H,3-6,8,14H2. The molecule has 2 rings (SSSR count). The maximum Gasteiger partial charge on any atom is 0.0632 e. The molecule has 5 heteroatoms. The predicted octanol–water partition coefficient (Wildman–Crippen LogP) is 2.46. The van der Waals surface area contributed by atoms with Crippen molar-refractivity contribution in [1.82, 2.24) is 0 Å². The Morgan fingerprint density at radius 2 is 2.12 bits per heavy atom. The maximum atomic E-state index is 12.2. The number of halogens is 1. The Morgan fingerprint density at radius 3 is 2.82 bits per heavy atom. The Balaban J connectivity index is 2.05. The van der Waals surface area contributed by atoms with Crippen molar-refractivity contribution in [3.8, 4) is 0 Å². The van der Waals surface area contributed by atoms with Crippen LogP contribution >= 0.6 is 11.6 Å². The van der Waals surface area contributed by atoms with Gasteiger partial charge in [-0.05, 0) is 37.0 Å². The first-order valence-corrected chi connectivity index (χ1v) is 7.37. The van der Waals surface area contributed by atoms with Gasteiger partial charge in [-0.1, -0.05) is 11.6 Å². The molecule has 94 valence electrons. The number of anilines is 1. The van der Waals surface area contributed by atoms with Crippen LogP contribution in [0, 0.1) is 5.92 Å². The first-order chi connectivity index (χ1) is 8.16. The summed E-state index contributed by atoms with van der Waals surface area (Å²) in [6.07, 6.45) is 1.96. The first-order valence-electron chi connectivity index (χ1n) is 5.68. The molecule has 1 aliphatic heterocycles. The molecule has 0 aliphatic carbocycles. The molecule has 17 heavy (non-hydrogen) atoms. The van der Waals surface area contributed by atoms with Gasteiger partial charge in [-0.15, -0.1) is 0 Å². The van der Waals surface area contributed by atoms with E-state index >= 15 is 0 Å². The summed E-state index contributed by atoms with van der Waals surface area (Å²) in [6, 6.07) is 5.12. The molecule has 1 fully saturated rings. The van der Waals surface area contributed by atoms with E-state index in [4.69, 9.17) is 22.1 Å². The van der Waals surface area contributed by atoms with Gasteiger partial charge in [0.05, 0.1) is 15.7 Å². The van der Waals surface area contributed by atoms with Crippen molar-refractivity contribution in [3.63, 3.8) is 0 Å². The molecule has 1 saturated heterocycles. The van der Waals surface area contributed by atoms with Crippen molar-refractivity contribution in [2.75, 3.05) is 24.7 Å². The maximum absolute atomic E-state index is 12.2. The normalized spacial score (nSPS) is 19.1. The highest BCUT2D eigenvalue weighted by molar-refractivity contribution is 7.85. The van der Waals surface area contributed by atoms with E-state index in [-0.39, 0.29) is 0 Å². The quantitative estimate of drug-likeness (QED) is 0.861. The summed E-state index contributed by atoms with van der Waals surface area (Å²) >= 11 is 5.89. The van der Waals surface area contributed by atoms with Gasteiger partial charge in [0.25, 0.3) is 0 Å². The monoisotopic (exact) mass is 273 g/mol. The lowest BCUT2D eigenvalue weighted by molar-refractivity contribution is 0.0725. The SMILES string of the molecule is Nc1ccc(Cl)cc1S(=O)CC1CCOCC1. The fourth-order valence-electron chi connectivity index (χ4n) is 1.92. The molecule has 0 amide bonds. The predicted molar refractivity (Wildman–Crippen MR) is 70.7 cm³/mol. The average Bonchev–Trinajstić information content (AvgIpc) is 2.33. The minimum absolute atomic E-state index is 0.461. The average molecular weight is 274 g/mol. The van der Waals surface area contributed by atoms with Crippen LogP contribution in [0.15, 0.2) is 23.1 Å². The fraction of sp³-hybridized carbons (Fsp3) is 0.500. The third kappa shape index (κ3) is 3.44. The van der Waals surface area contributed by atoms with E-state index in [1.807, 2.05) is 0 Å². The van der Waals surface area contributed by atoms with Gasteiger partial charge in [0, 0.05) is 29.7 Å². The van der Waals surface area contributed by atoms with Crippen LogP contribution in [-0.2, 0) is 15.5 Å². The van der Waals surface area contributed by atoms with E-state index in [1.165, 1.54) is 0 Å². The summed E-state index contributed by atoms with van der Waals surface area (Å²) in [5, 5.41) is 0.578. The number of ether oxygens (including phenoxy) is 1. The lowest BCUT2D eigenvalue weighted by atomic mass is 10.0. The highest BCUT2D eigenvalue weighted by Crippen LogP contribution is 2.24. The molecule has 0 spiro atoms. The van der Waals surface area contributed by atoms with Crippen LogP contribution in [0.25, 0.3) is 0 Å². The summed E-state index contributed by atoms with van der Waals surface area (Å²) in [5.41, 5.74) is 6.37. The van der Waals surface area contributed by atoms with Crippen LogP contribution in [0.2, 0.25) is 5.02 Å². The van der Waals surface area contributed by atoms with Gasteiger partial charge in [-0.3, -0.25) is 4.21 Å². The molecule has 2 N–H and O–H groups in total. The van der Waals surface area contributed by atoms with Gasteiger partial charge >= 0.3 is 0 Å². The lowest BCUT2D eigenvalue weighted by Crippen LogP contribution is -2.21. The van der Waals surface area contributed by atoms with Gasteiger partial charge in [0.15, 0.2) is 0 Å². The number of nitrogen functional groups attached to an aromatic ring is 1. The van der Waals surface area contributed by atoms with E-state index < -0.39 is 10.8 Å². The number of hydrogen-bond donors (Lipinski definition) is 1. The van der Waals surface area contributed by atoms with E-state index in [0.29, 0.717) is 27.3 Å². The van der Waals surface area contributed by atoms with Crippen LogP contribution in [0.3, 0.4) is 0 Å². The molecule has 1 atom stereocenters. The molecule has 0 saturated carbocycles. The third-order valence-electron chi connectivity index (χ3n) is 2.95. The first kappa shape index (κ1) is 12.9. The van der Waals surface area contributed by atoms with Crippen LogP contribution in [0.1, 0.15) is 12.8 Å². The highest BCUT2D eigenvalue weighted by Gasteiger charge is 2.18. The van der Waals surface area contributed by atoms with Crippen molar-refractivity contribution in [2.45, 2.75) is 17.7 Å². The molecule has 0 bridgehead atoms. The van der Waals surface area contributed by atoms with E-state index in [0.717, 1.165) is 26.1 Å². The molecule has 1 aromatic carbocycles. The summed E-state index contributed by atoms with van der Waals surface area (Å²) in [4.78, 5) is 0.656. The third-order valence-corrected chi connectivity index (χ3v) is 4.80. The van der Waals surface area contributed by atoms with E-state index in [9.17, 15) is 4.21 Å². The fourth-order valence-corrected chi connectivity index (χ4v) is 3.69. The molecule has 0 radical (unpaired) electrons. The van der Waals surface area contributed by atoms with Crippen LogP contribution in [0.5, 0.6) is 0 Å². The molecule has 0 aromatic heterocycles. The Hall–Kier alpha value is -0.580. The van der Waals surface area contributed by atoms with E-state index in [1.54, 1.807) is 18.2 Å². The smallest absolute Gasteiger partial charge is 0.0632 e. The van der Waals surface area contributed by atoms with Crippen molar-refractivity contribution >= 4 is 28.1 Å². The molecular weight excluding hydrogens is 258 g/mol. The molecular formula is C12H16ClNO2S. The van der Waals surface area contributed by atoms with E-state index in [2.05, 4.69) is 0 Å². The second-order valence-corrected chi connectivity index (χ2v) is 6.15. The molecule has 1 unspecified atom stereocenters. The van der Waals surface area contributed by atoms with Crippen LogP contribution < -0.4 is 5.73 Å². The van der Waals surface area contributed by atoms with Crippen LogP contribution in [0.4, 0.5) is 5.69 Å². The Bertz CT molecular complexity index is 419. The Kier molecular flexibility index (Phi) is 4.42. The molecule has 3 nitrogen and oxygen atoms in total. The Labute approximate surface area is 109 Å². The Morgan fingerprint density at radius 1 is 1.41 bits per heavy atom. The minimum atomic E-state index is -1.07. The zero-order valence-electron chi connectivity index (χ0n) is 9.52. The van der Waals surface area contributed by atoms with Crippen LogP contribution in [-0.4, -0.2) is 23.2 Å². The zero-order valence-corrected chi connectivity index (χ0v) is 11.1. The van der Waals surface area contributed by atoms with Gasteiger partial charge < -0.3 is 10.5 Å². The topological polar surface area (TPSA) is 52.3 Å².